The summed E-state index contributed by atoms with van der Waals surface area (Å²) in [6, 6.07) is 7.03. The van der Waals surface area contributed by atoms with E-state index >= 15 is 0 Å². The van der Waals surface area contributed by atoms with Gasteiger partial charge in [0.25, 0.3) is 5.91 Å². The Kier molecular flexibility index (Phi) is 3.00. The maximum absolute atomic E-state index is 11.8. The third kappa shape index (κ3) is 2.23. The molecule has 0 saturated carbocycles. The SMILES string of the molecule is C=CCNC(=O)c1nc(=O)[nH]c2ccccc12. The molecule has 0 atom stereocenters. The molecule has 2 rings (SSSR count). The molecule has 86 valence electrons. The van der Waals surface area contributed by atoms with E-state index in [-0.39, 0.29) is 11.6 Å². The van der Waals surface area contributed by atoms with Crippen molar-refractivity contribution in [3.8, 4) is 0 Å². The van der Waals surface area contributed by atoms with Gasteiger partial charge in [0.15, 0.2) is 0 Å². The number of rotatable bonds is 3. The second kappa shape index (κ2) is 4.61. The van der Waals surface area contributed by atoms with Crippen LogP contribution in [-0.2, 0) is 0 Å². The Hall–Kier alpha value is -2.43. The second-order valence-corrected chi connectivity index (χ2v) is 3.43. The molecule has 1 aromatic carbocycles. The quantitative estimate of drug-likeness (QED) is 0.766. The lowest BCUT2D eigenvalue weighted by Crippen LogP contribution is -2.27. The molecule has 5 heteroatoms. The Morgan fingerprint density at radius 2 is 2.24 bits per heavy atom. The standard InChI is InChI=1S/C12H11N3O2/c1-2-7-13-11(16)10-8-5-3-4-6-9(8)14-12(17)15-10/h2-6H,1,7H2,(H,13,16)(H,14,15,17). The van der Waals surface area contributed by atoms with E-state index in [1.807, 2.05) is 0 Å². The molecule has 1 aromatic heterocycles. The largest absolute Gasteiger partial charge is 0.347 e. The van der Waals surface area contributed by atoms with Crippen LogP contribution in [0.5, 0.6) is 0 Å². The number of nitrogens with one attached hydrogen (secondary N) is 2. The van der Waals surface area contributed by atoms with Gasteiger partial charge in [0, 0.05) is 11.9 Å². The third-order valence-electron chi connectivity index (χ3n) is 2.26. The molecule has 2 aromatic rings. The lowest BCUT2D eigenvalue weighted by molar-refractivity contribution is 0.0954. The molecule has 1 heterocycles. The van der Waals surface area contributed by atoms with Crippen LogP contribution in [0.3, 0.4) is 0 Å². The molecule has 1 amide bonds. The van der Waals surface area contributed by atoms with Crippen LogP contribution in [-0.4, -0.2) is 22.4 Å². The number of aromatic amines is 1. The van der Waals surface area contributed by atoms with Crippen molar-refractivity contribution in [2.75, 3.05) is 6.54 Å². The van der Waals surface area contributed by atoms with Crippen molar-refractivity contribution in [3.05, 3.63) is 53.1 Å². The first-order valence-electron chi connectivity index (χ1n) is 5.10. The van der Waals surface area contributed by atoms with Gasteiger partial charge in [0.05, 0.1) is 5.52 Å². The highest BCUT2D eigenvalue weighted by atomic mass is 16.2. The van der Waals surface area contributed by atoms with Gasteiger partial charge in [-0.2, -0.15) is 4.98 Å². The summed E-state index contributed by atoms with van der Waals surface area (Å²) in [6.07, 6.45) is 1.56. The van der Waals surface area contributed by atoms with Gasteiger partial charge in [0.2, 0.25) is 0 Å². The lowest BCUT2D eigenvalue weighted by atomic mass is 10.2. The van der Waals surface area contributed by atoms with E-state index in [0.29, 0.717) is 17.4 Å². The zero-order valence-corrected chi connectivity index (χ0v) is 9.06. The van der Waals surface area contributed by atoms with Gasteiger partial charge < -0.3 is 10.3 Å². The molecule has 0 unspecified atom stereocenters. The highest BCUT2D eigenvalue weighted by molar-refractivity contribution is 6.04. The van der Waals surface area contributed by atoms with Crippen molar-refractivity contribution in [2.45, 2.75) is 0 Å². The topological polar surface area (TPSA) is 74.8 Å². The Balaban J connectivity index is 2.55. The Morgan fingerprint density at radius 1 is 1.47 bits per heavy atom. The van der Waals surface area contributed by atoms with Crippen LogP contribution >= 0.6 is 0 Å². The number of carbonyl (C=O) groups excluding carboxylic acids is 1. The van der Waals surface area contributed by atoms with Gasteiger partial charge in [-0.15, -0.1) is 6.58 Å². The minimum absolute atomic E-state index is 0.131. The van der Waals surface area contributed by atoms with E-state index in [1.54, 1.807) is 30.3 Å². The summed E-state index contributed by atoms with van der Waals surface area (Å²) in [7, 11) is 0. The minimum Gasteiger partial charge on any atom is -0.347 e. The molecule has 17 heavy (non-hydrogen) atoms. The van der Waals surface area contributed by atoms with Crippen LogP contribution in [0.1, 0.15) is 10.5 Å². The molecule has 0 saturated heterocycles. The molecule has 0 radical (unpaired) electrons. The average Bonchev–Trinajstić information content (AvgIpc) is 2.34. The third-order valence-corrected chi connectivity index (χ3v) is 2.26. The first kappa shape index (κ1) is 11.1. The van der Waals surface area contributed by atoms with E-state index in [0.717, 1.165) is 0 Å². The molecule has 0 bridgehead atoms. The predicted octanol–water partition coefficient (Wildman–Crippen LogP) is 0.839. The van der Waals surface area contributed by atoms with Crippen LogP contribution in [0.4, 0.5) is 0 Å². The summed E-state index contributed by atoms with van der Waals surface area (Å²) in [5.41, 5.74) is 0.190. The molecule has 5 nitrogen and oxygen atoms in total. The maximum Gasteiger partial charge on any atom is 0.346 e. The normalized spacial score (nSPS) is 10.1. The molecular formula is C12H11N3O2. The Labute approximate surface area is 97.2 Å². The molecule has 0 fully saturated rings. The number of hydrogen-bond acceptors (Lipinski definition) is 3. The average molecular weight is 229 g/mol. The molecular weight excluding hydrogens is 218 g/mol. The smallest absolute Gasteiger partial charge is 0.346 e. The van der Waals surface area contributed by atoms with Gasteiger partial charge in [-0.25, -0.2) is 4.79 Å². The second-order valence-electron chi connectivity index (χ2n) is 3.43. The monoisotopic (exact) mass is 229 g/mol. The van der Waals surface area contributed by atoms with Crippen molar-refractivity contribution in [1.82, 2.24) is 15.3 Å². The number of carbonyl (C=O) groups is 1. The summed E-state index contributed by atoms with van der Waals surface area (Å²) in [5.74, 6) is -0.382. The predicted molar refractivity (Wildman–Crippen MR) is 64.9 cm³/mol. The van der Waals surface area contributed by atoms with Crippen LogP contribution in [0.15, 0.2) is 41.7 Å². The van der Waals surface area contributed by atoms with E-state index < -0.39 is 5.69 Å². The molecule has 2 N–H and O–H groups in total. The highest BCUT2D eigenvalue weighted by Gasteiger charge is 2.11. The maximum atomic E-state index is 11.8. The number of H-pyrrole nitrogens is 1. The number of benzene rings is 1. The number of amides is 1. The fourth-order valence-corrected chi connectivity index (χ4v) is 1.53. The minimum atomic E-state index is -0.535. The first-order chi connectivity index (χ1) is 8.22. The zero-order chi connectivity index (χ0) is 12.3. The van der Waals surface area contributed by atoms with Crippen LogP contribution in [0.25, 0.3) is 10.9 Å². The van der Waals surface area contributed by atoms with Gasteiger partial charge in [-0.3, -0.25) is 4.79 Å². The van der Waals surface area contributed by atoms with E-state index in [9.17, 15) is 9.59 Å². The van der Waals surface area contributed by atoms with Gasteiger partial charge in [-0.1, -0.05) is 24.3 Å². The lowest BCUT2D eigenvalue weighted by Gasteiger charge is -2.04. The fourth-order valence-electron chi connectivity index (χ4n) is 1.53. The Morgan fingerprint density at radius 3 is 3.00 bits per heavy atom. The summed E-state index contributed by atoms with van der Waals surface area (Å²) < 4.78 is 0. The molecule has 0 spiro atoms. The molecule has 0 aliphatic rings. The van der Waals surface area contributed by atoms with Gasteiger partial charge >= 0.3 is 5.69 Å². The van der Waals surface area contributed by atoms with Crippen LogP contribution in [0.2, 0.25) is 0 Å². The van der Waals surface area contributed by atoms with Crippen molar-refractivity contribution in [3.63, 3.8) is 0 Å². The van der Waals surface area contributed by atoms with Crippen molar-refractivity contribution < 1.29 is 4.79 Å². The van der Waals surface area contributed by atoms with Crippen molar-refractivity contribution in [2.24, 2.45) is 0 Å². The zero-order valence-electron chi connectivity index (χ0n) is 9.06. The van der Waals surface area contributed by atoms with E-state index in [4.69, 9.17) is 0 Å². The first-order valence-corrected chi connectivity index (χ1v) is 5.10. The van der Waals surface area contributed by atoms with Gasteiger partial charge in [-0.05, 0) is 6.07 Å². The Bertz CT molecular complexity index is 631. The number of nitrogens with zero attached hydrogens (tertiary/aromatic N) is 1. The number of fused-ring (bicyclic) bond motifs is 1. The van der Waals surface area contributed by atoms with Crippen molar-refractivity contribution >= 4 is 16.8 Å². The molecule has 0 aliphatic carbocycles. The number of hydrogen-bond donors (Lipinski definition) is 2. The van der Waals surface area contributed by atoms with Crippen LogP contribution < -0.4 is 11.0 Å². The highest BCUT2D eigenvalue weighted by Crippen LogP contribution is 2.12. The summed E-state index contributed by atoms with van der Waals surface area (Å²) in [5, 5.41) is 3.21. The summed E-state index contributed by atoms with van der Waals surface area (Å²) in [4.78, 5) is 29.4. The van der Waals surface area contributed by atoms with E-state index in [1.165, 1.54) is 0 Å². The summed E-state index contributed by atoms with van der Waals surface area (Å²) >= 11 is 0. The summed E-state index contributed by atoms with van der Waals surface area (Å²) in [6.45, 7) is 3.84. The van der Waals surface area contributed by atoms with Gasteiger partial charge in [0.1, 0.15) is 5.69 Å². The number of aromatic nitrogens is 2. The van der Waals surface area contributed by atoms with Crippen molar-refractivity contribution in [1.29, 1.82) is 0 Å². The van der Waals surface area contributed by atoms with Crippen LogP contribution in [0, 0.1) is 0 Å². The fraction of sp³-hybridized carbons (Fsp3) is 0.0833. The van der Waals surface area contributed by atoms with E-state index in [2.05, 4.69) is 21.9 Å². The number of para-hydroxylation sites is 1. The molecule has 0 aliphatic heterocycles.